The molecule has 0 radical (unpaired) electrons. The Hall–Kier alpha value is -3.22. The van der Waals surface area contributed by atoms with Crippen molar-refractivity contribution in [1.82, 2.24) is 10.2 Å². The van der Waals surface area contributed by atoms with Crippen LogP contribution in [-0.4, -0.2) is 36.7 Å². The van der Waals surface area contributed by atoms with Gasteiger partial charge in [-0.3, -0.25) is 9.59 Å². The molecule has 3 rings (SSSR count). The van der Waals surface area contributed by atoms with Crippen LogP contribution in [0.1, 0.15) is 31.4 Å². The van der Waals surface area contributed by atoms with Gasteiger partial charge in [0.2, 0.25) is 18.6 Å². The van der Waals surface area contributed by atoms with Crippen molar-refractivity contribution in [2.75, 3.05) is 13.9 Å². The molecule has 1 N–H and O–H groups in total. The van der Waals surface area contributed by atoms with E-state index in [-0.39, 0.29) is 18.6 Å². The summed E-state index contributed by atoms with van der Waals surface area (Å²) in [6.07, 6.45) is 0.329. The monoisotopic (exact) mass is 398 g/mol. The van der Waals surface area contributed by atoms with Crippen molar-refractivity contribution >= 4 is 11.8 Å². The Bertz CT molecular complexity index is 866. The van der Waals surface area contributed by atoms with Gasteiger partial charge in [-0.05, 0) is 42.3 Å². The van der Waals surface area contributed by atoms with Gasteiger partial charge in [0, 0.05) is 19.5 Å². The molecule has 7 nitrogen and oxygen atoms in total. The first kappa shape index (κ1) is 20.5. The predicted molar refractivity (Wildman–Crippen MR) is 108 cm³/mol. The molecule has 0 spiro atoms. The summed E-state index contributed by atoms with van der Waals surface area (Å²) in [7, 11) is 1.61. The van der Waals surface area contributed by atoms with E-state index in [2.05, 4.69) is 5.32 Å². The second-order valence-corrected chi connectivity index (χ2v) is 6.80. The average molecular weight is 398 g/mol. The van der Waals surface area contributed by atoms with E-state index >= 15 is 0 Å². The fourth-order valence-corrected chi connectivity index (χ4v) is 3.10. The third-order valence-electron chi connectivity index (χ3n) is 4.89. The number of amides is 2. The molecule has 0 fully saturated rings. The van der Waals surface area contributed by atoms with E-state index in [4.69, 9.17) is 14.2 Å². The molecule has 2 amide bonds. The summed E-state index contributed by atoms with van der Waals surface area (Å²) >= 11 is 0. The lowest BCUT2D eigenvalue weighted by Crippen LogP contribution is -2.47. The molecule has 1 aliphatic heterocycles. The summed E-state index contributed by atoms with van der Waals surface area (Å²) in [5.41, 5.74) is 1.83. The van der Waals surface area contributed by atoms with Gasteiger partial charge in [0.05, 0.1) is 7.11 Å². The largest absolute Gasteiger partial charge is 0.497 e. The Morgan fingerprint density at radius 2 is 1.79 bits per heavy atom. The van der Waals surface area contributed by atoms with Crippen LogP contribution in [0.25, 0.3) is 0 Å². The number of rotatable bonds is 8. The molecule has 7 heteroatoms. The zero-order valence-corrected chi connectivity index (χ0v) is 16.9. The zero-order chi connectivity index (χ0) is 20.8. The van der Waals surface area contributed by atoms with Crippen LogP contribution < -0.4 is 19.5 Å². The van der Waals surface area contributed by atoms with Gasteiger partial charge in [0.1, 0.15) is 11.8 Å². The summed E-state index contributed by atoms with van der Waals surface area (Å²) in [6.45, 7) is 4.44. The van der Waals surface area contributed by atoms with Crippen LogP contribution in [0.4, 0.5) is 0 Å². The minimum atomic E-state index is -0.599. The van der Waals surface area contributed by atoms with E-state index in [0.29, 0.717) is 31.0 Å². The number of carbonyl (C=O) groups excluding carboxylic acids is 2. The van der Waals surface area contributed by atoms with E-state index in [9.17, 15) is 9.59 Å². The van der Waals surface area contributed by atoms with E-state index in [1.807, 2.05) is 42.5 Å². The summed E-state index contributed by atoms with van der Waals surface area (Å²) in [4.78, 5) is 26.8. The molecule has 1 aliphatic rings. The van der Waals surface area contributed by atoms with Crippen LogP contribution in [0.3, 0.4) is 0 Å². The Morgan fingerprint density at radius 1 is 1.10 bits per heavy atom. The van der Waals surface area contributed by atoms with Gasteiger partial charge < -0.3 is 24.4 Å². The van der Waals surface area contributed by atoms with Crippen LogP contribution in [0.15, 0.2) is 42.5 Å². The number of fused-ring (bicyclic) bond motifs is 1. The number of methoxy groups -OCH3 is 1. The van der Waals surface area contributed by atoms with Gasteiger partial charge in [-0.1, -0.05) is 25.1 Å². The third kappa shape index (κ3) is 4.99. The van der Waals surface area contributed by atoms with Gasteiger partial charge >= 0.3 is 0 Å². The van der Waals surface area contributed by atoms with Crippen molar-refractivity contribution in [2.24, 2.45) is 0 Å². The van der Waals surface area contributed by atoms with Crippen molar-refractivity contribution < 1.29 is 23.8 Å². The molecule has 0 aromatic heterocycles. The normalized spacial score (nSPS) is 12.9. The molecule has 2 aromatic rings. The van der Waals surface area contributed by atoms with Crippen LogP contribution in [-0.2, 0) is 22.7 Å². The quantitative estimate of drug-likeness (QED) is 0.740. The van der Waals surface area contributed by atoms with Gasteiger partial charge in [0.25, 0.3) is 0 Å². The first-order chi connectivity index (χ1) is 14.0. The van der Waals surface area contributed by atoms with Crippen LogP contribution >= 0.6 is 0 Å². The average Bonchev–Trinajstić information content (AvgIpc) is 3.23. The highest BCUT2D eigenvalue weighted by molar-refractivity contribution is 5.87. The number of hydrogen-bond donors (Lipinski definition) is 1. The smallest absolute Gasteiger partial charge is 0.242 e. The van der Waals surface area contributed by atoms with Crippen molar-refractivity contribution in [1.29, 1.82) is 0 Å². The lowest BCUT2D eigenvalue weighted by Gasteiger charge is -2.28. The molecular weight excluding hydrogens is 372 g/mol. The number of hydrogen-bond acceptors (Lipinski definition) is 5. The first-order valence-corrected chi connectivity index (χ1v) is 9.60. The van der Waals surface area contributed by atoms with E-state index in [1.54, 1.807) is 25.9 Å². The molecule has 2 aromatic carbocycles. The van der Waals surface area contributed by atoms with Crippen molar-refractivity contribution in [3.8, 4) is 17.2 Å². The highest BCUT2D eigenvalue weighted by Crippen LogP contribution is 2.32. The highest BCUT2D eigenvalue weighted by Gasteiger charge is 2.25. The predicted octanol–water partition coefficient (Wildman–Crippen LogP) is 2.87. The highest BCUT2D eigenvalue weighted by atomic mass is 16.7. The van der Waals surface area contributed by atoms with E-state index in [0.717, 1.165) is 16.9 Å². The Balaban J connectivity index is 1.63. The summed E-state index contributed by atoms with van der Waals surface area (Å²) in [6, 6.07) is 12.4. The molecule has 29 heavy (non-hydrogen) atoms. The maximum Gasteiger partial charge on any atom is 0.242 e. The second kappa shape index (κ2) is 9.32. The van der Waals surface area contributed by atoms with Gasteiger partial charge in [0.15, 0.2) is 11.5 Å². The first-order valence-electron chi connectivity index (χ1n) is 9.60. The van der Waals surface area contributed by atoms with Crippen LogP contribution in [0.2, 0.25) is 0 Å². The Morgan fingerprint density at radius 3 is 2.48 bits per heavy atom. The molecule has 0 unspecified atom stereocenters. The topological polar surface area (TPSA) is 77.1 Å². The number of nitrogens with zero attached hydrogens (tertiary/aromatic N) is 1. The third-order valence-corrected chi connectivity index (χ3v) is 4.89. The maximum atomic E-state index is 12.7. The van der Waals surface area contributed by atoms with Gasteiger partial charge in [-0.25, -0.2) is 0 Å². The van der Waals surface area contributed by atoms with Crippen LogP contribution in [0.5, 0.6) is 17.2 Å². The lowest BCUT2D eigenvalue weighted by molar-refractivity contribution is -0.140. The second-order valence-electron chi connectivity index (χ2n) is 6.80. The minimum absolute atomic E-state index is 0.0773. The van der Waals surface area contributed by atoms with Crippen molar-refractivity contribution in [2.45, 2.75) is 39.4 Å². The number of ether oxygens (including phenoxy) is 3. The molecule has 1 heterocycles. The van der Waals surface area contributed by atoms with E-state index in [1.165, 1.54) is 0 Å². The number of benzene rings is 2. The van der Waals surface area contributed by atoms with E-state index < -0.39 is 6.04 Å². The summed E-state index contributed by atoms with van der Waals surface area (Å²) in [5, 5.41) is 2.90. The summed E-state index contributed by atoms with van der Waals surface area (Å²) in [5.74, 6) is 1.83. The fraction of sp³-hybridized carbons (Fsp3) is 0.364. The molecule has 0 saturated carbocycles. The summed E-state index contributed by atoms with van der Waals surface area (Å²) < 4.78 is 15.8. The van der Waals surface area contributed by atoms with Gasteiger partial charge in [-0.15, -0.1) is 0 Å². The van der Waals surface area contributed by atoms with Crippen molar-refractivity contribution in [3.05, 3.63) is 53.6 Å². The molecule has 0 bridgehead atoms. The number of carbonyl (C=O) groups is 2. The van der Waals surface area contributed by atoms with Crippen LogP contribution in [0, 0.1) is 0 Å². The molecule has 0 saturated heterocycles. The SMILES string of the molecule is CCC(=O)N(Cc1ccc(OC)cc1)[C@H](C)C(=O)NCc1ccc2c(c1)OCO2. The molecular formula is C22H26N2O5. The Kier molecular flexibility index (Phi) is 6.59. The zero-order valence-electron chi connectivity index (χ0n) is 16.9. The minimum Gasteiger partial charge on any atom is -0.497 e. The lowest BCUT2D eigenvalue weighted by atomic mass is 10.1. The number of nitrogens with one attached hydrogen (secondary N) is 1. The fourth-order valence-electron chi connectivity index (χ4n) is 3.10. The van der Waals surface area contributed by atoms with Gasteiger partial charge in [-0.2, -0.15) is 0 Å². The molecule has 0 aliphatic carbocycles. The molecule has 1 atom stereocenters. The standard InChI is InChI=1S/C22H26N2O5/c1-4-21(25)24(13-16-5-8-18(27-3)9-6-16)15(2)22(26)23-12-17-7-10-19-20(11-17)29-14-28-19/h5-11,15H,4,12-14H2,1-3H3,(H,23,26)/t15-/m1/s1. The maximum absolute atomic E-state index is 12.7. The molecule has 154 valence electrons. The van der Waals surface area contributed by atoms with Crippen molar-refractivity contribution in [3.63, 3.8) is 0 Å². The Labute approximate surface area is 170 Å².